The van der Waals surface area contributed by atoms with E-state index in [0.29, 0.717) is 24.8 Å². The highest BCUT2D eigenvalue weighted by Crippen LogP contribution is 2.12. The zero-order valence-electron chi connectivity index (χ0n) is 18.0. The maximum absolute atomic E-state index is 12.8. The largest absolute Gasteiger partial charge is 0.463 e. The molecular formula is C25H32O4Si. The van der Waals surface area contributed by atoms with Crippen molar-refractivity contribution in [3.63, 3.8) is 0 Å². The van der Waals surface area contributed by atoms with Gasteiger partial charge in [0.1, 0.15) is 8.80 Å². The van der Waals surface area contributed by atoms with E-state index in [-0.39, 0.29) is 0 Å². The van der Waals surface area contributed by atoms with Crippen molar-refractivity contribution in [2.75, 3.05) is 13.2 Å². The Balaban J connectivity index is 2.29. The van der Waals surface area contributed by atoms with Crippen molar-refractivity contribution in [2.24, 2.45) is 0 Å². The number of unbranched alkanes of at least 4 members (excludes halogenated alkanes) is 2. The fraction of sp³-hybridized carbons (Fsp3) is 0.360. The van der Waals surface area contributed by atoms with Gasteiger partial charge in [-0.15, -0.1) is 0 Å². The van der Waals surface area contributed by atoms with Crippen molar-refractivity contribution in [3.8, 4) is 0 Å². The molecule has 0 spiro atoms. The first kappa shape index (κ1) is 23.6. The lowest BCUT2D eigenvalue weighted by Crippen LogP contribution is -2.42. The molecule has 0 unspecified atom stereocenters. The van der Waals surface area contributed by atoms with Gasteiger partial charge in [-0.3, -0.25) is 0 Å². The lowest BCUT2D eigenvalue weighted by Gasteiger charge is -2.18. The third-order valence-corrected chi connectivity index (χ3v) is 8.08. The van der Waals surface area contributed by atoms with E-state index < -0.39 is 20.7 Å². The molecule has 5 heteroatoms. The monoisotopic (exact) mass is 424 g/mol. The van der Waals surface area contributed by atoms with Gasteiger partial charge in [-0.05, 0) is 18.9 Å². The zero-order valence-corrected chi connectivity index (χ0v) is 19.2. The summed E-state index contributed by atoms with van der Waals surface area (Å²) in [6.45, 7) is 4.81. The number of carbonyl (C=O) groups excluding carboxylic acids is 2. The fourth-order valence-corrected chi connectivity index (χ4v) is 6.08. The molecule has 0 heterocycles. The van der Waals surface area contributed by atoms with Gasteiger partial charge < -0.3 is 9.47 Å². The molecule has 30 heavy (non-hydrogen) atoms. The Labute approximate surface area is 181 Å². The number of rotatable bonds is 12. The Morgan fingerprint density at radius 3 is 1.80 bits per heavy atom. The van der Waals surface area contributed by atoms with Crippen LogP contribution < -0.4 is 10.4 Å². The second-order valence-corrected chi connectivity index (χ2v) is 10.1. The van der Waals surface area contributed by atoms with Crippen LogP contribution in [0.25, 0.3) is 0 Å². The van der Waals surface area contributed by atoms with Crippen molar-refractivity contribution in [3.05, 3.63) is 72.3 Å². The molecule has 2 rings (SSSR count). The average molecular weight is 425 g/mol. The molecule has 0 saturated carbocycles. The molecule has 2 aromatic carbocycles. The standard InChI is InChI=1S/C25H32O4Si/c1-3-5-17-28-24(26)19-21(25(27)29-18-6-4-2)20-30(22-13-9-7-10-14-22)23-15-11-8-12-16-23/h7-16,19,30H,3-6,17-18,20H2,1-2H3/b21-19-. The van der Waals surface area contributed by atoms with E-state index in [0.717, 1.165) is 25.7 Å². The molecule has 0 aliphatic rings. The molecular weight excluding hydrogens is 392 g/mol. The summed E-state index contributed by atoms with van der Waals surface area (Å²) in [7, 11) is -1.77. The van der Waals surface area contributed by atoms with Gasteiger partial charge in [-0.1, -0.05) is 97.7 Å². The van der Waals surface area contributed by atoms with Gasteiger partial charge >= 0.3 is 11.9 Å². The van der Waals surface area contributed by atoms with Crippen LogP contribution in [0.4, 0.5) is 0 Å². The molecule has 0 aliphatic heterocycles. The maximum atomic E-state index is 12.8. The van der Waals surface area contributed by atoms with E-state index in [1.165, 1.54) is 16.4 Å². The molecule has 4 nitrogen and oxygen atoms in total. The van der Waals surface area contributed by atoms with Gasteiger partial charge in [0.05, 0.1) is 13.2 Å². The third-order valence-electron chi connectivity index (χ3n) is 4.86. The van der Waals surface area contributed by atoms with Crippen molar-refractivity contribution in [1.29, 1.82) is 0 Å². The SMILES string of the molecule is CCCCOC(=O)/C=C(/C[SiH](c1ccccc1)c1ccccc1)C(=O)OCCCC. The normalized spacial score (nSPS) is 11.4. The van der Waals surface area contributed by atoms with Crippen molar-refractivity contribution >= 4 is 31.1 Å². The quantitative estimate of drug-likeness (QED) is 0.226. The summed E-state index contributed by atoms with van der Waals surface area (Å²) in [5.41, 5.74) is 0.400. The molecule has 0 N–H and O–H groups in total. The predicted octanol–water partition coefficient (Wildman–Crippen LogP) is 3.64. The number of ether oxygens (including phenoxy) is 2. The van der Waals surface area contributed by atoms with Crippen LogP contribution in [0.3, 0.4) is 0 Å². The van der Waals surface area contributed by atoms with Crippen LogP contribution >= 0.6 is 0 Å². The molecule has 2 aromatic rings. The van der Waals surface area contributed by atoms with Gasteiger partial charge in [-0.2, -0.15) is 0 Å². The first-order valence-electron chi connectivity index (χ1n) is 10.8. The minimum Gasteiger partial charge on any atom is -0.463 e. The van der Waals surface area contributed by atoms with E-state index >= 15 is 0 Å². The molecule has 0 aromatic heterocycles. The van der Waals surface area contributed by atoms with Crippen LogP contribution in [-0.4, -0.2) is 33.9 Å². The van der Waals surface area contributed by atoms with Crippen molar-refractivity contribution in [2.45, 2.75) is 45.6 Å². The summed E-state index contributed by atoms with van der Waals surface area (Å²) in [5, 5.41) is 2.44. The van der Waals surface area contributed by atoms with Crippen molar-refractivity contribution in [1.82, 2.24) is 0 Å². The highest BCUT2D eigenvalue weighted by molar-refractivity contribution is 6.85. The molecule has 0 amide bonds. The van der Waals surface area contributed by atoms with E-state index in [9.17, 15) is 9.59 Å². The predicted molar refractivity (Wildman–Crippen MR) is 124 cm³/mol. The van der Waals surface area contributed by atoms with Crippen LogP contribution in [0, 0.1) is 0 Å². The fourth-order valence-electron chi connectivity index (χ4n) is 3.12. The summed E-state index contributed by atoms with van der Waals surface area (Å²) < 4.78 is 10.7. The third kappa shape index (κ3) is 7.99. The van der Waals surface area contributed by atoms with Crippen LogP contribution in [0.5, 0.6) is 0 Å². The smallest absolute Gasteiger partial charge is 0.333 e. The van der Waals surface area contributed by atoms with Crippen LogP contribution in [0.2, 0.25) is 6.04 Å². The first-order valence-corrected chi connectivity index (χ1v) is 12.8. The molecule has 0 saturated heterocycles. The van der Waals surface area contributed by atoms with Gasteiger partial charge in [0.15, 0.2) is 0 Å². The zero-order chi connectivity index (χ0) is 21.6. The second-order valence-electron chi connectivity index (χ2n) is 7.26. The Morgan fingerprint density at radius 1 is 0.800 bits per heavy atom. The number of hydrogen-bond donors (Lipinski definition) is 0. The van der Waals surface area contributed by atoms with Gasteiger partial charge in [0.2, 0.25) is 0 Å². The number of benzene rings is 2. The molecule has 160 valence electrons. The second kappa shape index (κ2) is 13.5. The van der Waals surface area contributed by atoms with Crippen molar-refractivity contribution < 1.29 is 19.1 Å². The van der Waals surface area contributed by atoms with Crippen LogP contribution in [-0.2, 0) is 19.1 Å². The Hall–Kier alpha value is -2.66. The molecule has 0 radical (unpaired) electrons. The molecule has 0 bridgehead atoms. The van der Waals surface area contributed by atoms with E-state index in [4.69, 9.17) is 9.47 Å². The first-order chi connectivity index (χ1) is 14.7. The van der Waals surface area contributed by atoms with E-state index in [2.05, 4.69) is 24.3 Å². The van der Waals surface area contributed by atoms with E-state index in [1.807, 2.05) is 50.2 Å². The molecule has 0 atom stereocenters. The highest BCUT2D eigenvalue weighted by Gasteiger charge is 2.23. The Morgan fingerprint density at radius 2 is 1.30 bits per heavy atom. The molecule has 0 fully saturated rings. The average Bonchev–Trinajstić information content (AvgIpc) is 2.78. The molecule has 0 aliphatic carbocycles. The highest BCUT2D eigenvalue weighted by atomic mass is 28.3. The Bertz CT molecular complexity index is 763. The minimum atomic E-state index is -1.77. The number of carbonyl (C=O) groups is 2. The topological polar surface area (TPSA) is 52.6 Å². The number of esters is 2. The summed E-state index contributed by atoms with van der Waals surface area (Å²) in [5.74, 6) is -0.889. The van der Waals surface area contributed by atoms with Gasteiger partial charge in [0.25, 0.3) is 0 Å². The van der Waals surface area contributed by atoms with Crippen LogP contribution in [0.15, 0.2) is 72.3 Å². The summed E-state index contributed by atoms with van der Waals surface area (Å²) in [6, 6.07) is 20.9. The Kier molecular flexibility index (Phi) is 10.7. The summed E-state index contributed by atoms with van der Waals surface area (Å²) >= 11 is 0. The van der Waals surface area contributed by atoms with Gasteiger partial charge in [0, 0.05) is 11.6 Å². The summed E-state index contributed by atoms with van der Waals surface area (Å²) in [4.78, 5) is 25.1. The maximum Gasteiger partial charge on any atom is 0.333 e. The van der Waals surface area contributed by atoms with Crippen LogP contribution in [0.1, 0.15) is 39.5 Å². The lowest BCUT2D eigenvalue weighted by atomic mass is 10.3. The van der Waals surface area contributed by atoms with E-state index in [1.54, 1.807) is 0 Å². The minimum absolute atomic E-state index is 0.362. The number of hydrogen-bond acceptors (Lipinski definition) is 4. The van der Waals surface area contributed by atoms with Gasteiger partial charge in [-0.25, -0.2) is 9.59 Å². The lowest BCUT2D eigenvalue weighted by molar-refractivity contribution is -0.141. The summed E-state index contributed by atoms with van der Waals surface area (Å²) in [6.07, 6.45) is 4.84.